The first kappa shape index (κ1) is 13.4. The van der Waals surface area contributed by atoms with E-state index >= 15 is 0 Å². The summed E-state index contributed by atoms with van der Waals surface area (Å²) < 4.78 is 5.24. The number of carbonyl (C=O) groups excluding carboxylic acids is 1. The summed E-state index contributed by atoms with van der Waals surface area (Å²) in [6.07, 6.45) is 7.41. The van der Waals surface area contributed by atoms with Gasteiger partial charge in [0.05, 0.1) is 6.26 Å². The first-order valence-electron chi connectivity index (χ1n) is 7.14. The lowest BCUT2D eigenvalue weighted by atomic mass is 10.1. The molecule has 3 rings (SSSR count). The largest absolute Gasteiger partial charge is 0.465 e. The standard InChI is InChI=1S/C18H17NO2/c1-2-4-13-6-8-14(9-7-13)17-12-15(18(20)19-17)11-16-5-3-10-21-16/h3,5-12H,2,4H2,1H3,(H,19,20). The van der Waals surface area contributed by atoms with Crippen LogP contribution in [-0.2, 0) is 11.2 Å². The van der Waals surface area contributed by atoms with E-state index in [9.17, 15) is 4.79 Å². The molecule has 1 aromatic heterocycles. The van der Waals surface area contributed by atoms with Crippen LogP contribution in [0, 0.1) is 0 Å². The van der Waals surface area contributed by atoms with Crippen molar-refractivity contribution in [1.29, 1.82) is 0 Å². The molecule has 0 atom stereocenters. The minimum atomic E-state index is -0.0981. The van der Waals surface area contributed by atoms with Gasteiger partial charge in [0.15, 0.2) is 0 Å². The molecule has 3 heteroatoms. The Morgan fingerprint density at radius 2 is 2.00 bits per heavy atom. The highest BCUT2D eigenvalue weighted by Crippen LogP contribution is 2.22. The third-order valence-electron chi connectivity index (χ3n) is 3.45. The highest BCUT2D eigenvalue weighted by Gasteiger charge is 2.19. The molecule has 0 radical (unpaired) electrons. The van der Waals surface area contributed by atoms with Crippen LogP contribution in [0.15, 0.2) is 58.7 Å². The second-order valence-corrected chi connectivity index (χ2v) is 5.07. The molecule has 0 saturated heterocycles. The van der Waals surface area contributed by atoms with E-state index in [1.54, 1.807) is 18.4 Å². The van der Waals surface area contributed by atoms with Crippen LogP contribution in [0.2, 0.25) is 0 Å². The third kappa shape index (κ3) is 2.97. The molecule has 1 aliphatic rings. The maximum absolute atomic E-state index is 12.0. The molecule has 1 N–H and O–H groups in total. The van der Waals surface area contributed by atoms with Gasteiger partial charge in [0.2, 0.25) is 0 Å². The summed E-state index contributed by atoms with van der Waals surface area (Å²) in [5.41, 5.74) is 3.78. The monoisotopic (exact) mass is 279 g/mol. The number of nitrogens with one attached hydrogen (secondary N) is 1. The average molecular weight is 279 g/mol. The Labute approximate surface area is 124 Å². The Hall–Kier alpha value is -2.55. The van der Waals surface area contributed by atoms with Gasteiger partial charge < -0.3 is 9.73 Å². The van der Waals surface area contributed by atoms with E-state index in [4.69, 9.17) is 4.42 Å². The number of hydrogen-bond acceptors (Lipinski definition) is 2. The Kier molecular flexibility index (Phi) is 3.73. The Balaban J connectivity index is 1.84. The molecule has 1 aliphatic heterocycles. The fourth-order valence-electron chi connectivity index (χ4n) is 2.38. The van der Waals surface area contributed by atoms with Crippen molar-refractivity contribution in [2.75, 3.05) is 0 Å². The Morgan fingerprint density at radius 3 is 2.67 bits per heavy atom. The summed E-state index contributed by atoms with van der Waals surface area (Å²) in [5.74, 6) is 0.579. The van der Waals surface area contributed by atoms with Gasteiger partial charge in [0.25, 0.3) is 5.91 Å². The lowest BCUT2D eigenvalue weighted by Gasteiger charge is -2.04. The number of carbonyl (C=O) groups is 1. The number of benzene rings is 1. The van der Waals surface area contributed by atoms with Crippen molar-refractivity contribution in [3.8, 4) is 0 Å². The van der Waals surface area contributed by atoms with E-state index in [1.165, 1.54) is 5.56 Å². The molecule has 0 fully saturated rings. The molecule has 0 aliphatic carbocycles. The van der Waals surface area contributed by atoms with E-state index < -0.39 is 0 Å². The van der Waals surface area contributed by atoms with Crippen LogP contribution in [0.1, 0.15) is 30.2 Å². The van der Waals surface area contributed by atoms with Crippen molar-refractivity contribution < 1.29 is 9.21 Å². The molecule has 0 spiro atoms. The van der Waals surface area contributed by atoms with E-state index in [2.05, 4.69) is 24.4 Å². The minimum Gasteiger partial charge on any atom is -0.465 e. The predicted octanol–water partition coefficient (Wildman–Crippen LogP) is 3.79. The highest BCUT2D eigenvalue weighted by atomic mass is 16.3. The van der Waals surface area contributed by atoms with Crippen molar-refractivity contribution >= 4 is 17.7 Å². The minimum absolute atomic E-state index is 0.0981. The zero-order chi connectivity index (χ0) is 14.7. The molecule has 21 heavy (non-hydrogen) atoms. The number of aryl methyl sites for hydroxylation is 1. The zero-order valence-corrected chi connectivity index (χ0v) is 11.9. The highest BCUT2D eigenvalue weighted by molar-refractivity contribution is 6.10. The molecule has 0 unspecified atom stereocenters. The molecule has 3 nitrogen and oxygen atoms in total. The van der Waals surface area contributed by atoms with Gasteiger partial charge in [-0.3, -0.25) is 4.79 Å². The average Bonchev–Trinajstić information content (AvgIpc) is 3.11. The molecular weight excluding hydrogens is 262 g/mol. The number of furan rings is 1. The van der Waals surface area contributed by atoms with Gasteiger partial charge in [-0.15, -0.1) is 0 Å². The van der Waals surface area contributed by atoms with Gasteiger partial charge in [0, 0.05) is 11.3 Å². The van der Waals surface area contributed by atoms with Crippen LogP contribution >= 0.6 is 0 Å². The van der Waals surface area contributed by atoms with E-state index in [0.717, 1.165) is 24.1 Å². The van der Waals surface area contributed by atoms with Crippen LogP contribution in [-0.4, -0.2) is 5.91 Å². The lowest BCUT2D eigenvalue weighted by Crippen LogP contribution is -2.15. The van der Waals surface area contributed by atoms with E-state index in [0.29, 0.717) is 11.3 Å². The van der Waals surface area contributed by atoms with Gasteiger partial charge in [-0.25, -0.2) is 0 Å². The third-order valence-corrected chi connectivity index (χ3v) is 3.45. The smallest absolute Gasteiger partial charge is 0.255 e. The SMILES string of the molecule is CCCc1ccc(C2=CC(=Cc3ccco3)C(=O)N2)cc1. The van der Waals surface area contributed by atoms with Crippen LogP contribution in [0.3, 0.4) is 0 Å². The second-order valence-electron chi connectivity index (χ2n) is 5.07. The van der Waals surface area contributed by atoms with Crippen molar-refractivity contribution in [1.82, 2.24) is 5.32 Å². The number of amides is 1. The van der Waals surface area contributed by atoms with E-state index in [1.807, 2.05) is 24.3 Å². The van der Waals surface area contributed by atoms with Gasteiger partial charge in [-0.1, -0.05) is 37.6 Å². The summed E-state index contributed by atoms with van der Waals surface area (Å²) in [6, 6.07) is 11.9. The molecule has 106 valence electrons. The maximum Gasteiger partial charge on any atom is 0.255 e. The van der Waals surface area contributed by atoms with Crippen molar-refractivity contribution in [3.63, 3.8) is 0 Å². The maximum atomic E-state index is 12.0. The van der Waals surface area contributed by atoms with Gasteiger partial charge in [-0.05, 0) is 41.8 Å². The fraction of sp³-hybridized carbons (Fsp3) is 0.167. The molecule has 1 aromatic carbocycles. The van der Waals surface area contributed by atoms with Crippen molar-refractivity contribution in [2.24, 2.45) is 0 Å². The quantitative estimate of drug-likeness (QED) is 0.865. The summed E-state index contributed by atoms with van der Waals surface area (Å²) >= 11 is 0. The first-order valence-corrected chi connectivity index (χ1v) is 7.14. The molecule has 2 aromatic rings. The van der Waals surface area contributed by atoms with Crippen molar-refractivity contribution in [3.05, 3.63) is 71.2 Å². The number of hydrogen-bond donors (Lipinski definition) is 1. The molecule has 1 amide bonds. The topological polar surface area (TPSA) is 42.2 Å². The number of rotatable bonds is 4. The first-order chi connectivity index (χ1) is 10.3. The normalized spacial score (nSPS) is 16.1. The van der Waals surface area contributed by atoms with Crippen LogP contribution in [0.25, 0.3) is 11.8 Å². The molecule has 0 bridgehead atoms. The molecule has 0 saturated carbocycles. The van der Waals surface area contributed by atoms with Gasteiger partial charge in [0.1, 0.15) is 5.76 Å². The van der Waals surface area contributed by atoms with E-state index in [-0.39, 0.29) is 5.91 Å². The Morgan fingerprint density at radius 1 is 1.19 bits per heavy atom. The predicted molar refractivity (Wildman–Crippen MR) is 83.2 cm³/mol. The lowest BCUT2D eigenvalue weighted by molar-refractivity contribution is -0.115. The molecule has 2 heterocycles. The van der Waals surface area contributed by atoms with Gasteiger partial charge >= 0.3 is 0 Å². The fourth-order valence-corrected chi connectivity index (χ4v) is 2.38. The van der Waals surface area contributed by atoms with Crippen molar-refractivity contribution in [2.45, 2.75) is 19.8 Å². The van der Waals surface area contributed by atoms with Gasteiger partial charge in [-0.2, -0.15) is 0 Å². The van der Waals surface area contributed by atoms with Crippen LogP contribution in [0.4, 0.5) is 0 Å². The van der Waals surface area contributed by atoms with Crippen LogP contribution in [0.5, 0.6) is 0 Å². The molecular formula is C18H17NO2. The van der Waals surface area contributed by atoms with Crippen LogP contribution < -0.4 is 5.32 Å². The summed E-state index contributed by atoms with van der Waals surface area (Å²) in [7, 11) is 0. The summed E-state index contributed by atoms with van der Waals surface area (Å²) in [5, 5.41) is 2.90. The summed E-state index contributed by atoms with van der Waals surface area (Å²) in [6.45, 7) is 2.17. The Bertz CT molecular complexity index is 691. The summed E-state index contributed by atoms with van der Waals surface area (Å²) in [4.78, 5) is 12.0. The second kappa shape index (κ2) is 5.83. The zero-order valence-electron chi connectivity index (χ0n) is 11.9.